The second kappa shape index (κ2) is 11.1. The minimum absolute atomic E-state index is 0.00895. The largest absolute Gasteiger partial charge is 0.506 e. The first-order valence-electron chi connectivity index (χ1n) is 14.9. The molecule has 6 aromatic rings. The molecule has 0 radical (unpaired) electrons. The van der Waals surface area contributed by atoms with Crippen LogP contribution in [-0.4, -0.2) is 40.2 Å². The lowest BCUT2D eigenvalue weighted by Gasteiger charge is -2.27. The van der Waals surface area contributed by atoms with Crippen molar-refractivity contribution in [2.75, 3.05) is 0 Å². The standard InChI is InChI=1S/C20H25N3O.C16H17N3O/c1-19(2,3)13-11-14(20(4,5)6)18(24)17(12-13)23-21-15-9-7-8-10-16(15)22-23;1-16(2,3)11-8-9-15(20)14(10-11)19-17-12-6-4-5-7-13(12)18-19/h7-12,24H,1-6H3;4-10,20H,1-3H3. The van der Waals surface area contributed by atoms with Gasteiger partial charge in [-0.25, -0.2) is 0 Å². The number of aromatic hydroxyl groups is 2. The maximum Gasteiger partial charge on any atom is 0.146 e. The zero-order chi connectivity index (χ0) is 32.0. The van der Waals surface area contributed by atoms with Crippen LogP contribution < -0.4 is 0 Å². The van der Waals surface area contributed by atoms with Crippen molar-refractivity contribution >= 4 is 22.1 Å². The number of nitrogens with zero attached hydrogens (tertiary/aromatic N) is 6. The van der Waals surface area contributed by atoms with Gasteiger partial charge in [0.1, 0.15) is 44.9 Å². The summed E-state index contributed by atoms with van der Waals surface area (Å²) in [4.78, 5) is 3.04. The van der Waals surface area contributed by atoms with E-state index in [0.717, 1.165) is 38.8 Å². The van der Waals surface area contributed by atoms with Crippen LogP contribution in [0.1, 0.15) is 79.0 Å². The molecule has 0 aliphatic heterocycles. The van der Waals surface area contributed by atoms with E-state index < -0.39 is 0 Å². The van der Waals surface area contributed by atoms with Crippen molar-refractivity contribution in [3.05, 3.63) is 95.6 Å². The fourth-order valence-electron chi connectivity index (χ4n) is 4.86. The lowest BCUT2D eigenvalue weighted by molar-refractivity contribution is 0.438. The zero-order valence-corrected chi connectivity index (χ0v) is 27.1. The average molecular weight is 591 g/mol. The highest BCUT2D eigenvalue weighted by atomic mass is 16.3. The Balaban J connectivity index is 0.000000177. The van der Waals surface area contributed by atoms with E-state index in [1.165, 1.54) is 4.80 Å². The van der Waals surface area contributed by atoms with Crippen LogP contribution in [0.3, 0.4) is 0 Å². The van der Waals surface area contributed by atoms with Crippen LogP contribution in [0.5, 0.6) is 11.5 Å². The highest BCUT2D eigenvalue weighted by Gasteiger charge is 2.26. The number of hydrogen-bond donors (Lipinski definition) is 2. The molecule has 6 rings (SSSR count). The molecule has 0 fully saturated rings. The molecule has 0 aliphatic carbocycles. The Morgan fingerprint density at radius 3 is 1.30 bits per heavy atom. The third-order valence-corrected chi connectivity index (χ3v) is 7.61. The van der Waals surface area contributed by atoms with Crippen molar-refractivity contribution in [1.29, 1.82) is 0 Å². The van der Waals surface area contributed by atoms with E-state index in [2.05, 4.69) is 88.8 Å². The maximum absolute atomic E-state index is 10.9. The maximum atomic E-state index is 10.9. The second-order valence-electron chi connectivity index (χ2n) is 14.3. The summed E-state index contributed by atoms with van der Waals surface area (Å²) < 4.78 is 0. The Labute approximate surface area is 259 Å². The van der Waals surface area contributed by atoms with Crippen LogP contribution in [0.2, 0.25) is 0 Å². The van der Waals surface area contributed by atoms with Gasteiger partial charge in [-0.15, -0.1) is 30.0 Å². The van der Waals surface area contributed by atoms with Crippen molar-refractivity contribution in [3.63, 3.8) is 0 Å². The molecule has 0 saturated heterocycles. The lowest BCUT2D eigenvalue weighted by Crippen LogP contribution is -2.18. The van der Waals surface area contributed by atoms with Crippen LogP contribution in [-0.2, 0) is 16.2 Å². The van der Waals surface area contributed by atoms with Gasteiger partial charge in [-0.2, -0.15) is 0 Å². The van der Waals surface area contributed by atoms with Crippen molar-refractivity contribution < 1.29 is 10.2 Å². The third-order valence-electron chi connectivity index (χ3n) is 7.61. The molecule has 2 aromatic heterocycles. The Morgan fingerprint density at radius 2 is 0.886 bits per heavy atom. The molecule has 4 aromatic carbocycles. The van der Waals surface area contributed by atoms with Gasteiger partial charge < -0.3 is 10.2 Å². The van der Waals surface area contributed by atoms with E-state index in [4.69, 9.17) is 0 Å². The van der Waals surface area contributed by atoms with Gasteiger partial charge in [0.25, 0.3) is 0 Å². The van der Waals surface area contributed by atoms with E-state index in [9.17, 15) is 10.2 Å². The van der Waals surface area contributed by atoms with Gasteiger partial charge >= 0.3 is 0 Å². The van der Waals surface area contributed by atoms with Crippen LogP contribution in [0.25, 0.3) is 33.4 Å². The summed E-state index contributed by atoms with van der Waals surface area (Å²) in [5.74, 6) is 0.425. The highest BCUT2D eigenvalue weighted by Crippen LogP contribution is 2.39. The number of rotatable bonds is 2. The summed E-state index contributed by atoms with van der Waals surface area (Å²) in [6, 6.07) is 25.0. The lowest BCUT2D eigenvalue weighted by atomic mass is 9.80. The quantitative estimate of drug-likeness (QED) is 0.211. The molecular weight excluding hydrogens is 548 g/mol. The van der Waals surface area contributed by atoms with Crippen LogP contribution >= 0.6 is 0 Å². The predicted molar refractivity (Wildman–Crippen MR) is 177 cm³/mol. The van der Waals surface area contributed by atoms with Gasteiger partial charge in [0.2, 0.25) is 0 Å². The minimum Gasteiger partial charge on any atom is -0.506 e. The first-order valence-corrected chi connectivity index (χ1v) is 14.9. The van der Waals surface area contributed by atoms with E-state index in [0.29, 0.717) is 11.4 Å². The summed E-state index contributed by atoms with van der Waals surface area (Å²) >= 11 is 0. The Kier molecular flexibility index (Phi) is 7.74. The molecule has 0 amide bonds. The topological polar surface area (TPSA) is 102 Å². The van der Waals surface area contributed by atoms with Crippen molar-refractivity contribution in [3.8, 4) is 22.9 Å². The Morgan fingerprint density at radius 1 is 0.477 bits per heavy atom. The number of phenols is 2. The molecule has 44 heavy (non-hydrogen) atoms. The molecule has 0 aliphatic rings. The van der Waals surface area contributed by atoms with Gasteiger partial charge in [-0.05, 0) is 69.8 Å². The van der Waals surface area contributed by atoms with E-state index in [-0.39, 0.29) is 27.7 Å². The molecular formula is C36H42N6O2. The zero-order valence-electron chi connectivity index (χ0n) is 27.1. The molecule has 2 heterocycles. The molecule has 2 N–H and O–H groups in total. The summed E-state index contributed by atoms with van der Waals surface area (Å²) in [5, 5.41) is 38.9. The predicted octanol–water partition coefficient (Wildman–Crippen LogP) is 8.14. The van der Waals surface area contributed by atoms with Crippen LogP contribution in [0.4, 0.5) is 0 Å². The Hall–Kier alpha value is -4.72. The normalized spacial score (nSPS) is 12.4. The second-order valence-corrected chi connectivity index (χ2v) is 14.3. The number of aromatic nitrogens is 6. The number of fused-ring (bicyclic) bond motifs is 2. The molecule has 0 bridgehead atoms. The SMILES string of the molecule is CC(C)(C)c1cc(-n2nc3ccccc3n2)c(O)c(C(C)(C)C)c1.CC(C)(C)c1ccc(O)c(-n2nc3ccccc3n2)c1. The molecule has 8 heteroatoms. The van der Waals surface area contributed by atoms with Crippen LogP contribution in [0, 0.1) is 0 Å². The molecule has 0 spiro atoms. The monoisotopic (exact) mass is 590 g/mol. The van der Waals surface area contributed by atoms with Crippen molar-refractivity contribution in [2.24, 2.45) is 0 Å². The highest BCUT2D eigenvalue weighted by molar-refractivity contribution is 5.74. The third kappa shape index (κ3) is 6.30. The Bertz CT molecular complexity index is 1880. The first-order chi connectivity index (χ1) is 20.5. The summed E-state index contributed by atoms with van der Waals surface area (Å²) in [6.07, 6.45) is 0. The average Bonchev–Trinajstić information content (AvgIpc) is 3.56. The first kappa shape index (κ1) is 30.7. The number of hydrogen-bond acceptors (Lipinski definition) is 6. The van der Waals surface area contributed by atoms with Gasteiger partial charge in [0.15, 0.2) is 0 Å². The van der Waals surface area contributed by atoms with Crippen molar-refractivity contribution in [2.45, 2.75) is 78.6 Å². The molecule has 0 saturated carbocycles. The fourth-order valence-corrected chi connectivity index (χ4v) is 4.86. The summed E-state index contributed by atoms with van der Waals surface area (Å²) in [5.41, 5.74) is 7.49. The fraction of sp³-hybridized carbons (Fsp3) is 0.333. The van der Waals surface area contributed by atoms with E-state index in [1.807, 2.05) is 66.7 Å². The van der Waals surface area contributed by atoms with Gasteiger partial charge in [0, 0.05) is 5.56 Å². The molecule has 228 valence electrons. The summed E-state index contributed by atoms with van der Waals surface area (Å²) in [7, 11) is 0. The minimum atomic E-state index is -0.174. The number of phenolic OH excluding ortho intramolecular Hbond substituents is 2. The summed E-state index contributed by atoms with van der Waals surface area (Å²) in [6.45, 7) is 19.2. The van der Waals surface area contributed by atoms with Gasteiger partial charge in [-0.1, -0.05) is 98.7 Å². The smallest absolute Gasteiger partial charge is 0.146 e. The molecule has 0 unspecified atom stereocenters. The van der Waals surface area contributed by atoms with Gasteiger partial charge in [0.05, 0.1) is 0 Å². The van der Waals surface area contributed by atoms with Gasteiger partial charge in [-0.3, -0.25) is 0 Å². The molecule has 8 nitrogen and oxygen atoms in total. The van der Waals surface area contributed by atoms with Crippen LogP contribution in [0.15, 0.2) is 78.9 Å². The van der Waals surface area contributed by atoms with E-state index >= 15 is 0 Å². The van der Waals surface area contributed by atoms with E-state index in [1.54, 1.807) is 10.9 Å². The van der Waals surface area contributed by atoms with Crippen molar-refractivity contribution in [1.82, 2.24) is 30.0 Å². The number of benzene rings is 4. The molecule has 0 atom stereocenters.